The molecule has 1 aliphatic rings. The smallest absolute Gasteiger partial charge is 0.0641 e. The lowest BCUT2D eigenvalue weighted by molar-refractivity contribution is 0.949. The molecule has 0 N–H and O–H groups in total. The Morgan fingerprint density at radius 1 is 1.00 bits per heavy atom. The Labute approximate surface area is 106 Å². The average molecular weight is 247 g/mol. The summed E-state index contributed by atoms with van der Waals surface area (Å²) in [6.07, 6.45) is 6.64. The highest BCUT2D eigenvalue weighted by Crippen LogP contribution is 2.30. The van der Waals surface area contributed by atoms with Crippen molar-refractivity contribution in [3.8, 4) is 5.69 Å². The van der Waals surface area contributed by atoms with Crippen LogP contribution in [0.5, 0.6) is 0 Å². The van der Waals surface area contributed by atoms with Gasteiger partial charge in [-0.25, -0.2) is 0 Å². The second-order valence-electron chi connectivity index (χ2n) is 4.42. The molecule has 0 saturated carbocycles. The van der Waals surface area contributed by atoms with E-state index in [4.69, 9.17) is 11.6 Å². The molecule has 1 aromatic heterocycles. The summed E-state index contributed by atoms with van der Waals surface area (Å²) < 4.78 is 2.11. The third-order valence-electron chi connectivity index (χ3n) is 3.28. The van der Waals surface area contributed by atoms with Gasteiger partial charge in [-0.15, -0.1) is 0 Å². The Kier molecular flexibility index (Phi) is 2.81. The molecule has 0 unspecified atom stereocenters. The molecule has 3 rings (SSSR count). The quantitative estimate of drug-likeness (QED) is 0.784. The number of anilines is 1. The first-order valence-electron chi connectivity index (χ1n) is 6.02. The first kappa shape index (κ1) is 10.7. The zero-order valence-corrected chi connectivity index (χ0v) is 10.4. The standard InChI is InChI=1S/C14H15ClN2/c15-13-6-5-12(16-7-1-2-8-16)11-14(13)17-9-3-4-10-17/h1-2,5-8,11H,3-4,9-10H2. The zero-order chi connectivity index (χ0) is 11.7. The van der Waals surface area contributed by atoms with Crippen molar-refractivity contribution in [2.45, 2.75) is 12.8 Å². The normalized spacial score (nSPS) is 15.5. The maximum atomic E-state index is 6.29. The van der Waals surface area contributed by atoms with E-state index in [9.17, 15) is 0 Å². The second-order valence-corrected chi connectivity index (χ2v) is 4.83. The van der Waals surface area contributed by atoms with Crippen molar-refractivity contribution in [1.29, 1.82) is 0 Å². The van der Waals surface area contributed by atoms with E-state index < -0.39 is 0 Å². The third kappa shape index (κ3) is 2.05. The van der Waals surface area contributed by atoms with Crippen molar-refractivity contribution in [3.63, 3.8) is 0 Å². The van der Waals surface area contributed by atoms with Crippen LogP contribution in [0.1, 0.15) is 12.8 Å². The summed E-state index contributed by atoms with van der Waals surface area (Å²) in [5.74, 6) is 0. The molecule has 0 spiro atoms. The molecular weight excluding hydrogens is 232 g/mol. The summed E-state index contributed by atoms with van der Waals surface area (Å²) in [6.45, 7) is 2.24. The fourth-order valence-electron chi connectivity index (χ4n) is 2.37. The number of rotatable bonds is 2. The van der Waals surface area contributed by atoms with Crippen molar-refractivity contribution in [3.05, 3.63) is 47.7 Å². The van der Waals surface area contributed by atoms with Gasteiger partial charge < -0.3 is 9.47 Å². The summed E-state index contributed by atoms with van der Waals surface area (Å²) in [6, 6.07) is 10.3. The van der Waals surface area contributed by atoms with Crippen molar-refractivity contribution >= 4 is 17.3 Å². The van der Waals surface area contributed by atoms with E-state index >= 15 is 0 Å². The molecule has 88 valence electrons. The first-order valence-corrected chi connectivity index (χ1v) is 6.40. The Hall–Kier alpha value is -1.41. The molecule has 2 nitrogen and oxygen atoms in total. The van der Waals surface area contributed by atoms with Gasteiger partial charge in [-0.2, -0.15) is 0 Å². The SMILES string of the molecule is Clc1ccc(-n2cccc2)cc1N1CCCC1. The van der Waals surface area contributed by atoms with Crippen LogP contribution in [0.4, 0.5) is 5.69 Å². The highest BCUT2D eigenvalue weighted by atomic mass is 35.5. The number of aromatic nitrogens is 1. The molecule has 0 radical (unpaired) electrons. The minimum Gasteiger partial charge on any atom is -0.370 e. The van der Waals surface area contributed by atoms with E-state index in [0.717, 1.165) is 23.8 Å². The summed E-state index contributed by atoms with van der Waals surface area (Å²) in [4.78, 5) is 2.37. The average Bonchev–Trinajstić information content (AvgIpc) is 3.03. The van der Waals surface area contributed by atoms with E-state index in [1.54, 1.807) is 0 Å². The molecule has 1 saturated heterocycles. The van der Waals surface area contributed by atoms with Crippen LogP contribution in [0.3, 0.4) is 0 Å². The Bertz CT molecular complexity index is 499. The van der Waals surface area contributed by atoms with Gasteiger partial charge in [-0.1, -0.05) is 11.6 Å². The Morgan fingerprint density at radius 3 is 2.41 bits per heavy atom. The lowest BCUT2D eigenvalue weighted by atomic mass is 10.2. The van der Waals surface area contributed by atoms with E-state index in [1.165, 1.54) is 18.5 Å². The number of halogens is 1. The molecular formula is C14H15ClN2. The molecule has 1 aromatic carbocycles. The highest BCUT2D eigenvalue weighted by Gasteiger charge is 2.15. The first-order chi connectivity index (χ1) is 8.34. The van der Waals surface area contributed by atoms with E-state index in [0.29, 0.717) is 0 Å². The summed E-state index contributed by atoms with van der Waals surface area (Å²) >= 11 is 6.29. The lowest BCUT2D eigenvalue weighted by Crippen LogP contribution is -2.18. The van der Waals surface area contributed by atoms with Gasteiger partial charge in [-0.3, -0.25) is 0 Å². The van der Waals surface area contributed by atoms with E-state index in [1.807, 2.05) is 18.2 Å². The number of hydrogen-bond donors (Lipinski definition) is 0. The third-order valence-corrected chi connectivity index (χ3v) is 3.60. The minimum absolute atomic E-state index is 0.850. The predicted molar refractivity (Wildman–Crippen MR) is 72.2 cm³/mol. The number of nitrogens with zero attached hydrogens (tertiary/aromatic N) is 2. The van der Waals surface area contributed by atoms with Crippen molar-refractivity contribution in [2.75, 3.05) is 18.0 Å². The van der Waals surface area contributed by atoms with Gasteiger partial charge >= 0.3 is 0 Å². The summed E-state index contributed by atoms with van der Waals surface area (Å²) in [7, 11) is 0. The van der Waals surface area contributed by atoms with Crippen molar-refractivity contribution in [2.24, 2.45) is 0 Å². The van der Waals surface area contributed by atoms with Crippen LogP contribution in [0, 0.1) is 0 Å². The maximum Gasteiger partial charge on any atom is 0.0641 e. The van der Waals surface area contributed by atoms with Crippen molar-refractivity contribution < 1.29 is 0 Å². The molecule has 0 amide bonds. The monoisotopic (exact) mass is 246 g/mol. The summed E-state index contributed by atoms with van der Waals surface area (Å²) in [5, 5.41) is 0.850. The number of benzene rings is 1. The Balaban J connectivity index is 2.00. The highest BCUT2D eigenvalue weighted by molar-refractivity contribution is 6.33. The van der Waals surface area contributed by atoms with Gasteiger partial charge in [0.2, 0.25) is 0 Å². The van der Waals surface area contributed by atoms with Crippen LogP contribution in [-0.2, 0) is 0 Å². The molecule has 0 aliphatic carbocycles. The second kappa shape index (κ2) is 4.46. The molecule has 17 heavy (non-hydrogen) atoms. The van der Waals surface area contributed by atoms with Crippen molar-refractivity contribution in [1.82, 2.24) is 4.57 Å². The van der Waals surface area contributed by atoms with Crippen LogP contribution in [-0.4, -0.2) is 17.7 Å². The van der Waals surface area contributed by atoms with Gasteiger partial charge in [-0.05, 0) is 43.2 Å². The van der Waals surface area contributed by atoms with Gasteiger partial charge in [0.05, 0.1) is 10.7 Å². The maximum absolute atomic E-state index is 6.29. The Morgan fingerprint density at radius 2 is 1.71 bits per heavy atom. The van der Waals surface area contributed by atoms with E-state index in [-0.39, 0.29) is 0 Å². The minimum atomic E-state index is 0.850. The fourth-order valence-corrected chi connectivity index (χ4v) is 2.61. The van der Waals surface area contributed by atoms with Gasteiger partial charge in [0.1, 0.15) is 0 Å². The molecule has 0 atom stereocenters. The van der Waals surface area contributed by atoms with E-state index in [2.05, 4.69) is 34.0 Å². The molecule has 0 bridgehead atoms. The van der Waals surface area contributed by atoms with Crippen LogP contribution >= 0.6 is 11.6 Å². The number of hydrogen-bond acceptors (Lipinski definition) is 1. The molecule has 2 aromatic rings. The molecule has 1 aliphatic heterocycles. The topological polar surface area (TPSA) is 8.17 Å². The molecule has 1 fully saturated rings. The molecule has 2 heterocycles. The van der Waals surface area contributed by atoms with Gasteiger partial charge in [0, 0.05) is 31.2 Å². The molecule has 3 heteroatoms. The van der Waals surface area contributed by atoms with Gasteiger partial charge in [0.25, 0.3) is 0 Å². The lowest BCUT2D eigenvalue weighted by Gasteiger charge is -2.20. The summed E-state index contributed by atoms with van der Waals surface area (Å²) in [5.41, 5.74) is 2.33. The van der Waals surface area contributed by atoms with Crippen LogP contribution in [0.25, 0.3) is 5.69 Å². The predicted octanol–water partition coefficient (Wildman–Crippen LogP) is 3.73. The van der Waals surface area contributed by atoms with Crippen LogP contribution in [0.15, 0.2) is 42.7 Å². The fraction of sp³-hybridized carbons (Fsp3) is 0.286. The van der Waals surface area contributed by atoms with Crippen LogP contribution < -0.4 is 4.90 Å². The van der Waals surface area contributed by atoms with Gasteiger partial charge in [0.15, 0.2) is 0 Å². The zero-order valence-electron chi connectivity index (χ0n) is 9.64. The van der Waals surface area contributed by atoms with Crippen LogP contribution in [0.2, 0.25) is 5.02 Å². The largest absolute Gasteiger partial charge is 0.370 e.